The minimum absolute atomic E-state index is 1.04. The summed E-state index contributed by atoms with van der Waals surface area (Å²) in [4.78, 5) is 0. The van der Waals surface area contributed by atoms with Gasteiger partial charge in [0, 0.05) is 12.7 Å². The smallest absolute Gasteiger partial charge is 0.0331 e. The van der Waals surface area contributed by atoms with Crippen LogP contribution in [0.2, 0.25) is 0 Å². The van der Waals surface area contributed by atoms with Gasteiger partial charge in [-0.2, -0.15) is 0 Å². The molecule has 0 bridgehead atoms. The molecule has 2 aliphatic rings. The third-order valence-corrected chi connectivity index (χ3v) is 2.30. The predicted octanol–water partition coefficient (Wildman–Crippen LogP) is 1.97. The number of dihydropyridines is 1. The fourth-order valence-corrected chi connectivity index (χ4v) is 1.71. The van der Waals surface area contributed by atoms with Crippen molar-refractivity contribution in [1.82, 2.24) is 5.32 Å². The Morgan fingerprint density at radius 1 is 1.10 bits per heavy atom. The summed E-state index contributed by atoms with van der Waals surface area (Å²) in [6, 6.07) is 0. The number of allylic oxidation sites excluding steroid dienone is 2. The molecule has 1 heteroatoms. The molecule has 0 aromatic rings. The first-order valence-electron chi connectivity index (χ1n) is 4.08. The summed E-state index contributed by atoms with van der Waals surface area (Å²) < 4.78 is 0. The van der Waals surface area contributed by atoms with Crippen molar-refractivity contribution in [2.45, 2.75) is 25.7 Å². The summed E-state index contributed by atoms with van der Waals surface area (Å²) in [5, 5.41) is 3.25. The second-order valence-electron chi connectivity index (χ2n) is 3.01. The maximum absolute atomic E-state index is 3.25. The standard InChI is InChI=1S/C9H13N/c1-2-4-9-7-10-6-5-8(9)3-1/h5,7,10H,1-4,6H2. The molecule has 0 amide bonds. The van der Waals surface area contributed by atoms with Crippen molar-refractivity contribution in [2.75, 3.05) is 6.54 Å². The molecule has 0 radical (unpaired) electrons. The Morgan fingerprint density at radius 3 is 2.70 bits per heavy atom. The van der Waals surface area contributed by atoms with Gasteiger partial charge in [0.25, 0.3) is 0 Å². The van der Waals surface area contributed by atoms with Gasteiger partial charge in [-0.15, -0.1) is 0 Å². The molecule has 1 aliphatic heterocycles. The first kappa shape index (κ1) is 6.02. The van der Waals surface area contributed by atoms with Crippen molar-refractivity contribution in [2.24, 2.45) is 0 Å². The van der Waals surface area contributed by atoms with Gasteiger partial charge in [0.15, 0.2) is 0 Å². The third kappa shape index (κ3) is 0.962. The SMILES string of the molecule is C1=C2CCCCC2=CNC1. The van der Waals surface area contributed by atoms with E-state index < -0.39 is 0 Å². The molecule has 54 valence electrons. The van der Waals surface area contributed by atoms with Gasteiger partial charge in [0.05, 0.1) is 0 Å². The van der Waals surface area contributed by atoms with E-state index in [0.29, 0.717) is 0 Å². The van der Waals surface area contributed by atoms with E-state index in [1.807, 2.05) is 0 Å². The predicted molar refractivity (Wildman–Crippen MR) is 42.6 cm³/mol. The average molecular weight is 135 g/mol. The molecule has 1 aliphatic carbocycles. The van der Waals surface area contributed by atoms with E-state index in [1.165, 1.54) is 25.7 Å². The molecule has 1 fully saturated rings. The first-order valence-corrected chi connectivity index (χ1v) is 4.08. The molecule has 1 heterocycles. The van der Waals surface area contributed by atoms with Gasteiger partial charge in [-0.05, 0) is 36.8 Å². The van der Waals surface area contributed by atoms with E-state index in [1.54, 1.807) is 11.1 Å². The van der Waals surface area contributed by atoms with Crippen LogP contribution in [-0.2, 0) is 0 Å². The zero-order chi connectivity index (χ0) is 6.81. The summed E-state index contributed by atoms with van der Waals surface area (Å²) in [7, 11) is 0. The summed E-state index contributed by atoms with van der Waals surface area (Å²) in [5.41, 5.74) is 3.16. The van der Waals surface area contributed by atoms with Gasteiger partial charge in [-0.25, -0.2) is 0 Å². The van der Waals surface area contributed by atoms with Crippen LogP contribution in [0.15, 0.2) is 23.4 Å². The number of rotatable bonds is 0. The first-order chi connectivity index (χ1) is 4.97. The lowest BCUT2D eigenvalue weighted by molar-refractivity contribution is 0.662. The zero-order valence-corrected chi connectivity index (χ0v) is 6.19. The van der Waals surface area contributed by atoms with Crippen LogP contribution >= 0.6 is 0 Å². The Bertz CT molecular complexity index is 167. The van der Waals surface area contributed by atoms with Crippen LogP contribution in [-0.4, -0.2) is 6.54 Å². The van der Waals surface area contributed by atoms with Crippen LogP contribution in [0.25, 0.3) is 0 Å². The van der Waals surface area contributed by atoms with E-state index in [0.717, 1.165) is 6.54 Å². The minimum Gasteiger partial charge on any atom is -0.387 e. The monoisotopic (exact) mass is 135 g/mol. The van der Waals surface area contributed by atoms with Gasteiger partial charge in [0.1, 0.15) is 0 Å². The Balaban J connectivity index is 2.19. The van der Waals surface area contributed by atoms with Crippen molar-refractivity contribution in [3.8, 4) is 0 Å². The topological polar surface area (TPSA) is 12.0 Å². The van der Waals surface area contributed by atoms with Crippen molar-refractivity contribution in [1.29, 1.82) is 0 Å². The van der Waals surface area contributed by atoms with Crippen molar-refractivity contribution in [3.05, 3.63) is 23.4 Å². The lowest BCUT2D eigenvalue weighted by Crippen LogP contribution is -2.14. The number of hydrogen-bond acceptors (Lipinski definition) is 1. The molecule has 1 N–H and O–H groups in total. The third-order valence-electron chi connectivity index (χ3n) is 2.30. The largest absolute Gasteiger partial charge is 0.387 e. The lowest BCUT2D eigenvalue weighted by Gasteiger charge is -2.21. The highest BCUT2D eigenvalue weighted by molar-refractivity contribution is 5.34. The second-order valence-corrected chi connectivity index (χ2v) is 3.01. The molecule has 0 spiro atoms. The highest BCUT2D eigenvalue weighted by Gasteiger charge is 2.12. The summed E-state index contributed by atoms with van der Waals surface area (Å²) in [5.74, 6) is 0. The highest BCUT2D eigenvalue weighted by atomic mass is 14.8. The van der Waals surface area contributed by atoms with Crippen LogP contribution in [0, 0.1) is 0 Å². The van der Waals surface area contributed by atoms with Crippen molar-refractivity contribution in [3.63, 3.8) is 0 Å². The van der Waals surface area contributed by atoms with Crippen molar-refractivity contribution < 1.29 is 0 Å². The quantitative estimate of drug-likeness (QED) is 0.535. The highest BCUT2D eigenvalue weighted by Crippen LogP contribution is 2.28. The van der Waals surface area contributed by atoms with Gasteiger partial charge in [-0.3, -0.25) is 0 Å². The normalized spacial score (nSPS) is 24.0. The molecule has 0 aromatic heterocycles. The van der Waals surface area contributed by atoms with E-state index in [9.17, 15) is 0 Å². The molecule has 0 atom stereocenters. The lowest BCUT2D eigenvalue weighted by atomic mass is 9.89. The molecule has 0 aromatic carbocycles. The fourth-order valence-electron chi connectivity index (χ4n) is 1.71. The summed E-state index contributed by atoms with van der Waals surface area (Å²) in [6.07, 6.45) is 9.89. The average Bonchev–Trinajstić information content (AvgIpc) is 2.05. The van der Waals surface area contributed by atoms with Gasteiger partial charge >= 0.3 is 0 Å². The molecule has 1 nitrogen and oxygen atoms in total. The zero-order valence-electron chi connectivity index (χ0n) is 6.19. The fraction of sp³-hybridized carbons (Fsp3) is 0.556. The Labute approximate surface area is 61.8 Å². The molecule has 0 unspecified atom stereocenters. The van der Waals surface area contributed by atoms with Gasteiger partial charge in [0.2, 0.25) is 0 Å². The van der Waals surface area contributed by atoms with Gasteiger partial charge in [-0.1, -0.05) is 6.08 Å². The molecule has 2 rings (SSSR count). The molecular weight excluding hydrogens is 122 g/mol. The second kappa shape index (κ2) is 2.49. The van der Waals surface area contributed by atoms with Gasteiger partial charge < -0.3 is 5.32 Å². The molecule has 10 heavy (non-hydrogen) atoms. The maximum Gasteiger partial charge on any atom is 0.0331 e. The minimum atomic E-state index is 1.04. The Morgan fingerprint density at radius 2 is 1.90 bits per heavy atom. The number of hydrogen-bond donors (Lipinski definition) is 1. The van der Waals surface area contributed by atoms with Crippen LogP contribution in [0.5, 0.6) is 0 Å². The molecule has 0 saturated heterocycles. The van der Waals surface area contributed by atoms with Crippen LogP contribution < -0.4 is 5.32 Å². The summed E-state index contributed by atoms with van der Waals surface area (Å²) >= 11 is 0. The van der Waals surface area contributed by atoms with E-state index in [-0.39, 0.29) is 0 Å². The maximum atomic E-state index is 3.25. The molecule has 1 saturated carbocycles. The summed E-state index contributed by atoms with van der Waals surface area (Å²) in [6.45, 7) is 1.04. The van der Waals surface area contributed by atoms with Crippen LogP contribution in [0.1, 0.15) is 25.7 Å². The van der Waals surface area contributed by atoms with Crippen LogP contribution in [0.3, 0.4) is 0 Å². The number of fused-ring (bicyclic) bond motifs is 1. The number of nitrogens with one attached hydrogen (secondary N) is 1. The van der Waals surface area contributed by atoms with E-state index in [2.05, 4.69) is 17.6 Å². The van der Waals surface area contributed by atoms with Crippen molar-refractivity contribution >= 4 is 0 Å². The molecular formula is C9H13N. The Hall–Kier alpha value is -0.720. The van der Waals surface area contributed by atoms with E-state index in [4.69, 9.17) is 0 Å². The van der Waals surface area contributed by atoms with Crippen LogP contribution in [0.4, 0.5) is 0 Å². The Kier molecular flexibility index (Phi) is 1.50. The van der Waals surface area contributed by atoms with E-state index >= 15 is 0 Å².